The van der Waals surface area contributed by atoms with Crippen LogP contribution in [0.25, 0.3) is 17.4 Å². The average molecular weight is 496 g/mol. The van der Waals surface area contributed by atoms with E-state index in [1.54, 1.807) is 30.3 Å². The molecule has 10 heteroatoms. The molecule has 0 unspecified atom stereocenters. The van der Waals surface area contributed by atoms with Gasteiger partial charge in [0.2, 0.25) is 0 Å². The van der Waals surface area contributed by atoms with Gasteiger partial charge in [-0.25, -0.2) is 9.69 Å². The SMILES string of the molecule is O=C1NC(=O)N(c2cccc(Cl)c2Cl)C(=O)/C1=C\c1ccc(-c2cccc(Cl)c2Cl)o1. The van der Waals surface area contributed by atoms with Crippen molar-refractivity contribution < 1.29 is 18.8 Å². The number of carbonyl (C=O) groups excluding carboxylic acids is 3. The van der Waals surface area contributed by atoms with Gasteiger partial charge < -0.3 is 4.42 Å². The highest BCUT2D eigenvalue weighted by molar-refractivity contribution is 6.46. The molecule has 0 aliphatic carbocycles. The lowest BCUT2D eigenvalue weighted by Gasteiger charge is -2.27. The number of hydrogen-bond donors (Lipinski definition) is 1. The number of barbiturate groups is 1. The molecule has 4 amide bonds. The molecule has 0 radical (unpaired) electrons. The molecule has 1 aliphatic heterocycles. The second-order valence-electron chi connectivity index (χ2n) is 6.33. The van der Waals surface area contributed by atoms with Crippen LogP contribution in [0.4, 0.5) is 10.5 Å². The van der Waals surface area contributed by atoms with Gasteiger partial charge in [-0.3, -0.25) is 14.9 Å². The van der Waals surface area contributed by atoms with Crippen LogP contribution in [0.5, 0.6) is 0 Å². The van der Waals surface area contributed by atoms with Crippen LogP contribution < -0.4 is 10.2 Å². The minimum absolute atomic E-state index is 0.00255. The van der Waals surface area contributed by atoms with E-state index in [-0.39, 0.29) is 27.1 Å². The summed E-state index contributed by atoms with van der Waals surface area (Å²) in [5, 5.41) is 2.91. The second-order valence-corrected chi connectivity index (χ2v) is 7.90. The third-order valence-corrected chi connectivity index (χ3v) is 6.03. The Morgan fingerprint density at radius 3 is 2.26 bits per heavy atom. The van der Waals surface area contributed by atoms with Crippen LogP contribution in [-0.2, 0) is 9.59 Å². The average Bonchev–Trinajstić information content (AvgIpc) is 3.19. The Balaban J connectivity index is 1.72. The highest BCUT2D eigenvalue weighted by Gasteiger charge is 2.38. The molecular weight excluding hydrogens is 486 g/mol. The van der Waals surface area contributed by atoms with E-state index >= 15 is 0 Å². The Morgan fingerprint density at radius 2 is 1.52 bits per heavy atom. The van der Waals surface area contributed by atoms with Gasteiger partial charge in [0.05, 0.1) is 25.8 Å². The lowest BCUT2D eigenvalue weighted by Crippen LogP contribution is -2.54. The third kappa shape index (κ3) is 3.95. The number of furan rings is 1. The van der Waals surface area contributed by atoms with Crippen molar-refractivity contribution in [3.05, 3.63) is 80.0 Å². The molecule has 4 rings (SSSR count). The number of imide groups is 2. The number of rotatable bonds is 3. The highest BCUT2D eigenvalue weighted by Crippen LogP contribution is 2.36. The summed E-state index contributed by atoms with van der Waals surface area (Å²) in [5.41, 5.74) is 0.260. The Morgan fingerprint density at radius 1 is 0.839 bits per heavy atom. The molecule has 2 aromatic carbocycles. The van der Waals surface area contributed by atoms with Gasteiger partial charge in [0.25, 0.3) is 11.8 Å². The predicted octanol–water partition coefficient (Wildman–Crippen LogP) is 6.23. The number of benzene rings is 2. The molecule has 6 nitrogen and oxygen atoms in total. The van der Waals surface area contributed by atoms with Gasteiger partial charge in [-0.15, -0.1) is 0 Å². The summed E-state index contributed by atoms with van der Waals surface area (Å²) in [7, 11) is 0. The number of hydrogen-bond acceptors (Lipinski definition) is 4. The molecule has 0 atom stereocenters. The third-order valence-electron chi connectivity index (χ3n) is 4.40. The van der Waals surface area contributed by atoms with Crippen molar-refractivity contribution in [3.63, 3.8) is 0 Å². The summed E-state index contributed by atoms with van der Waals surface area (Å²) < 4.78 is 5.71. The minimum Gasteiger partial charge on any atom is -0.457 e. The van der Waals surface area contributed by atoms with Crippen molar-refractivity contribution in [2.24, 2.45) is 0 Å². The number of carbonyl (C=O) groups is 3. The van der Waals surface area contributed by atoms with Crippen LogP contribution in [0.2, 0.25) is 20.1 Å². The van der Waals surface area contributed by atoms with Gasteiger partial charge in [0, 0.05) is 5.56 Å². The molecule has 1 saturated heterocycles. The largest absolute Gasteiger partial charge is 0.457 e. The fourth-order valence-corrected chi connectivity index (χ4v) is 3.73. The number of nitrogens with one attached hydrogen (secondary N) is 1. The molecule has 0 saturated carbocycles. The minimum atomic E-state index is -0.942. The fraction of sp³-hybridized carbons (Fsp3) is 0. The first kappa shape index (κ1) is 21.5. The van der Waals surface area contributed by atoms with Crippen molar-refractivity contribution in [2.45, 2.75) is 0 Å². The molecule has 0 bridgehead atoms. The summed E-state index contributed by atoms with van der Waals surface area (Å²) >= 11 is 24.4. The first-order chi connectivity index (χ1) is 14.8. The van der Waals surface area contributed by atoms with Gasteiger partial charge >= 0.3 is 6.03 Å². The van der Waals surface area contributed by atoms with Gasteiger partial charge in [-0.2, -0.15) is 0 Å². The molecule has 1 N–H and O–H groups in total. The zero-order valence-electron chi connectivity index (χ0n) is 15.3. The van der Waals surface area contributed by atoms with E-state index in [0.717, 1.165) is 4.90 Å². The van der Waals surface area contributed by atoms with Crippen molar-refractivity contribution in [2.75, 3.05) is 4.90 Å². The fourth-order valence-electron chi connectivity index (χ4n) is 2.95. The van der Waals surface area contributed by atoms with Crippen molar-refractivity contribution in [1.82, 2.24) is 5.32 Å². The number of nitrogens with zero attached hydrogens (tertiary/aromatic N) is 1. The Bertz CT molecular complexity index is 1280. The van der Waals surface area contributed by atoms with Crippen LogP contribution in [-0.4, -0.2) is 17.8 Å². The summed E-state index contributed by atoms with van der Waals surface area (Å²) in [5.74, 6) is -1.18. The molecule has 31 heavy (non-hydrogen) atoms. The van der Waals surface area contributed by atoms with Gasteiger partial charge in [-0.05, 0) is 42.5 Å². The van der Waals surface area contributed by atoms with E-state index in [2.05, 4.69) is 5.32 Å². The Hall–Kier alpha value is -2.77. The van der Waals surface area contributed by atoms with Gasteiger partial charge in [-0.1, -0.05) is 58.5 Å². The molecule has 1 aromatic heterocycles. The van der Waals surface area contributed by atoms with Crippen LogP contribution in [0, 0.1) is 0 Å². The van der Waals surface area contributed by atoms with E-state index < -0.39 is 17.8 Å². The number of urea groups is 1. The van der Waals surface area contributed by atoms with Crippen molar-refractivity contribution in [1.29, 1.82) is 0 Å². The topological polar surface area (TPSA) is 79.6 Å². The molecule has 2 heterocycles. The maximum atomic E-state index is 13.0. The number of anilines is 1. The predicted molar refractivity (Wildman–Crippen MR) is 120 cm³/mol. The number of halogens is 4. The van der Waals surface area contributed by atoms with E-state index in [0.29, 0.717) is 21.4 Å². The van der Waals surface area contributed by atoms with Gasteiger partial charge in [0.15, 0.2) is 0 Å². The van der Waals surface area contributed by atoms with Crippen LogP contribution >= 0.6 is 46.4 Å². The summed E-state index contributed by atoms with van der Waals surface area (Å²) in [4.78, 5) is 38.4. The van der Waals surface area contributed by atoms with E-state index in [9.17, 15) is 14.4 Å². The first-order valence-corrected chi connectivity index (χ1v) is 10.2. The maximum Gasteiger partial charge on any atom is 0.336 e. The summed E-state index contributed by atoms with van der Waals surface area (Å²) in [6, 6.07) is 11.7. The van der Waals surface area contributed by atoms with Crippen molar-refractivity contribution >= 4 is 76.0 Å². The monoisotopic (exact) mass is 494 g/mol. The van der Waals surface area contributed by atoms with E-state index in [4.69, 9.17) is 50.8 Å². The molecule has 0 spiro atoms. The standard InChI is InChI=1S/C21H10Cl4N2O4/c22-13-4-1-3-11(17(13)24)16-8-7-10(31-16)9-12-19(28)26-21(30)27(20(12)29)15-6-2-5-14(23)18(15)25/h1-9H,(H,26,28,30)/b12-9-. The molecular formula is C21H10Cl4N2O4. The molecule has 3 aromatic rings. The Kier molecular flexibility index (Phi) is 5.81. The summed E-state index contributed by atoms with van der Waals surface area (Å²) in [6.45, 7) is 0. The van der Waals surface area contributed by atoms with Crippen LogP contribution in [0.1, 0.15) is 5.76 Å². The number of amides is 4. The smallest absolute Gasteiger partial charge is 0.336 e. The molecule has 1 aliphatic rings. The Labute approximate surface area is 195 Å². The zero-order valence-corrected chi connectivity index (χ0v) is 18.3. The van der Waals surface area contributed by atoms with Crippen molar-refractivity contribution in [3.8, 4) is 11.3 Å². The second kappa shape index (κ2) is 8.40. The highest BCUT2D eigenvalue weighted by atomic mass is 35.5. The lowest BCUT2D eigenvalue weighted by atomic mass is 10.1. The first-order valence-electron chi connectivity index (χ1n) is 8.67. The normalized spacial score (nSPS) is 15.5. The molecule has 1 fully saturated rings. The van der Waals surface area contributed by atoms with E-state index in [1.807, 2.05) is 0 Å². The quantitative estimate of drug-likeness (QED) is 0.345. The summed E-state index contributed by atoms with van der Waals surface area (Å²) in [6.07, 6.45) is 1.22. The van der Waals surface area contributed by atoms with Crippen LogP contribution in [0.3, 0.4) is 0 Å². The molecule has 156 valence electrons. The lowest BCUT2D eigenvalue weighted by molar-refractivity contribution is -0.122. The zero-order chi connectivity index (χ0) is 22.3. The van der Waals surface area contributed by atoms with Gasteiger partial charge in [0.1, 0.15) is 17.1 Å². The maximum absolute atomic E-state index is 13.0. The van der Waals surface area contributed by atoms with E-state index in [1.165, 1.54) is 24.3 Å². The van der Waals surface area contributed by atoms with Crippen LogP contribution in [0.15, 0.2) is 58.5 Å².